The molecule has 5 heteroatoms. The Balaban J connectivity index is 1.80. The van der Waals surface area contributed by atoms with E-state index in [9.17, 15) is 4.79 Å². The zero-order valence-electron chi connectivity index (χ0n) is 10.9. The van der Waals surface area contributed by atoms with E-state index in [4.69, 9.17) is 5.73 Å². The summed E-state index contributed by atoms with van der Waals surface area (Å²) in [6.45, 7) is 0. The van der Waals surface area contributed by atoms with Crippen LogP contribution in [-0.4, -0.2) is 5.91 Å². The van der Waals surface area contributed by atoms with E-state index >= 15 is 0 Å². The molecule has 0 bridgehead atoms. The molecule has 1 heterocycles. The van der Waals surface area contributed by atoms with E-state index in [-0.39, 0.29) is 5.91 Å². The third-order valence-electron chi connectivity index (χ3n) is 3.48. The Kier molecular flexibility index (Phi) is 3.81. The Morgan fingerprint density at radius 1 is 1.25 bits per heavy atom. The molecule has 104 valence electrons. The van der Waals surface area contributed by atoms with E-state index in [2.05, 4.69) is 21.2 Å². The van der Waals surface area contributed by atoms with Crippen LogP contribution in [0.2, 0.25) is 0 Å². The molecule has 20 heavy (non-hydrogen) atoms. The number of hydrogen-bond acceptors (Lipinski definition) is 3. The minimum Gasteiger partial charge on any atom is -0.397 e. The minimum absolute atomic E-state index is 0.0709. The van der Waals surface area contributed by atoms with E-state index < -0.39 is 0 Å². The highest BCUT2D eigenvalue weighted by Crippen LogP contribution is 2.31. The van der Waals surface area contributed by atoms with Crippen LogP contribution in [0, 0.1) is 0 Å². The fourth-order valence-corrected chi connectivity index (χ4v) is 3.96. The fraction of sp³-hybridized carbons (Fsp3) is 0.267. The molecule has 3 rings (SSSR count). The Bertz CT molecular complexity index is 642. The molecule has 0 atom stereocenters. The first-order valence-corrected chi connectivity index (χ1v) is 8.22. The van der Waals surface area contributed by atoms with Gasteiger partial charge in [-0.3, -0.25) is 4.79 Å². The van der Waals surface area contributed by atoms with Crippen LogP contribution in [0.1, 0.15) is 33.0 Å². The lowest BCUT2D eigenvalue weighted by Crippen LogP contribution is -2.11. The Morgan fingerprint density at radius 3 is 2.80 bits per heavy atom. The van der Waals surface area contributed by atoms with Crippen LogP contribution in [0.5, 0.6) is 0 Å². The number of fused-ring (bicyclic) bond motifs is 1. The van der Waals surface area contributed by atoms with E-state index in [1.807, 2.05) is 18.2 Å². The number of benzene rings is 1. The molecule has 0 radical (unpaired) electrons. The van der Waals surface area contributed by atoms with Crippen molar-refractivity contribution in [3.8, 4) is 0 Å². The zero-order chi connectivity index (χ0) is 14.1. The van der Waals surface area contributed by atoms with Crippen LogP contribution < -0.4 is 11.1 Å². The number of rotatable bonds is 2. The lowest BCUT2D eigenvalue weighted by atomic mass is 9.99. The van der Waals surface area contributed by atoms with Crippen molar-refractivity contribution in [1.29, 1.82) is 0 Å². The third kappa shape index (κ3) is 2.74. The van der Waals surface area contributed by atoms with Gasteiger partial charge in [0.1, 0.15) is 0 Å². The first-order chi connectivity index (χ1) is 9.63. The van der Waals surface area contributed by atoms with Gasteiger partial charge in [-0.2, -0.15) is 0 Å². The van der Waals surface area contributed by atoms with Crippen LogP contribution in [0.3, 0.4) is 0 Å². The number of thiophene rings is 1. The molecular weight excluding hydrogens is 336 g/mol. The maximum Gasteiger partial charge on any atom is 0.265 e. The average molecular weight is 351 g/mol. The predicted octanol–water partition coefficient (Wildman–Crippen LogP) is 4.22. The van der Waals surface area contributed by atoms with Crippen molar-refractivity contribution in [3.05, 3.63) is 44.1 Å². The number of nitrogen functional groups attached to an aromatic ring is 1. The fourth-order valence-electron chi connectivity index (χ4n) is 2.43. The number of halogens is 1. The van der Waals surface area contributed by atoms with Gasteiger partial charge in [0.2, 0.25) is 0 Å². The van der Waals surface area contributed by atoms with Crippen LogP contribution in [-0.2, 0) is 12.8 Å². The second-order valence-electron chi connectivity index (χ2n) is 4.95. The Morgan fingerprint density at radius 2 is 2.05 bits per heavy atom. The summed E-state index contributed by atoms with van der Waals surface area (Å²) >= 11 is 4.96. The van der Waals surface area contributed by atoms with Crippen molar-refractivity contribution in [1.82, 2.24) is 0 Å². The zero-order valence-corrected chi connectivity index (χ0v) is 13.3. The standard InChI is InChI=1S/C15H15BrN2OS/c16-10-5-6-12(11(17)8-10)18-15(19)14-7-9-3-1-2-4-13(9)20-14/h5-8H,1-4,17H2,(H,18,19). The summed E-state index contributed by atoms with van der Waals surface area (Å²) in [7, 11) is 0. The van der Waals surface area contributed by atoms with Gasteiger partial charge in [0.15, 0.2) is 0 Å². The molecule has 0 fully saturated rings. The maximum absolute atomic E-state index is 12.3. The topological polar surface area (TPSA) is 55.1 Å². The summed E-state index contributed by atoms with van der Waals surface area (Å²) in [6.07, 6.45) is 4.66. The number of carbonyl (C=O) groups is 1. The first-order valence-electron chi connectivity index (χ1n) is 6.61. The predicted molar refractivity (Wildman–Crippen MR) is 87.5 cm³/mol. The van der Waals surface area contributed by atoms with Gasteiger partial charge in [-0.15, -0.1) is 11.3 Å². The average Bonchev–Trinajstić information content (AvgIpc) is 2.86. The molecule has 0 unspecified atom stereocenters. The third-order valence-corrected chi connectivity index (χ3v) is 5.21. The molecule has 3 nitrogen and oxygen atoms in total. The summed E-state index contributed by atoms with van der Waals surface area (Å²) in [5.74, 6) is -0.0709. The highest BCUT2D eigenvalue weighted by Gasteiger charge is 2.17. The van der Waals surface area contributed by atoms with Gasteiger partial charge in [0.25, 0.3) is 5.91 Å². The number of carbonyl (C=O) groups excluding carboxylic acids is 1. The van der Waals surface area contributed by atoms with Gasteiger partial charge in [0.05, 0.1) is 16.3 Å². The first kappa shape index (κ1) is 13.6. The summed E-state index contributed by atoms with van der Waals surface area (Å²) in [6, 6.07) is 7.49. The number of nitrogens with two attached hydrogens (primary N) is 1. The Hall–Kier alpha value is -1.33. The van der Waals surface area contributed by atoms with Gasteiger partial charge < -0.3 is 11.1 Å². The van der Waals surface area contributed by atoms with Crippen LogP contribution >= 0.6 is 27.3 Å². The molecule has 0 aliphatic heterocycles. The summed E-state index contributed by atoms with van der Waals surface area (Å²) in [5.41, 5.74) is 8.47. The van der Waals surface area contributed by atoms with E-state index in [0.29, 0.717) is 11.4 Å². The monoisotopic (exact) mass is 350 g/mol. The molecule has 1 aliphatic rings. The van der Waals surface area contributed by atoms with E-state index in [1.54, 1.807) is 17.4 Å². The van der Waals surface area contributed by atoms with Crippen molar-refractivity contribution in [2.45, 2.75) is 25.7 Å². The van der Waals surface area contributed by atoms with Gasteiger partial charge in [0, 0.05) is 9.35 Å². The lowest BCUT2D eigenvalue weighted by molar-refractivity contribution is 0.103. The highest BCUT2D eigenvalue weighted by atomic mass is 79.9. The molecule has 0 spiro atoms. The molecule has 0 saturated heterocycles. The molecule has 3 N–H and O–H groups in total. The normalized spacial score (nSPS) is 13.8. The lowest BCUT2D eigenvalue weighted by Gasteiger charge is -2.08. The second-order valence-corrected chi connectivity index (χ2v) is 7.00. The molecule has 1 aliphatic carbocycles. The van der Waals surface area contributed by atoms with E-state index in [1.165, 1.54) is 23.3 Å². The van der Waals surface area contributed by atoms with E-state index in [0.717, 1.165) is 22.2 Å². The number of anilines is 2. The van der Waals surface area contributed by atoms with Crippen molar-refractivity contribution in [3.63, 3.8) is 0 Å². The molecule has 1 aromatic carbocycles. The Labute approximate surface area is 130 Å². The number of amides is 1. The van der Waals surface area contributed by atoms with Crippen LogP contribution in [0.25, 0.3) is 0 Å². The molecule has 0 saturated carbocycles. The summed E-state index contributed by atoms with van der Waals surface area (Å²) in [4.78, 5) is 14.4. The minimum atomic E-state index is -0.0709. The van der Waals surface area contributed by atoms with Crippen molar-refractivity contribution >= 4 is 44.5 Å². The van der Waals surface area contributed by atoms with Gasteiger partial charge >= 0.3 is 0 Å². The molecule has 1 aromatic heterocycles. The number of aryl methyl sites for hydroxylation is 2. The van der Waals surface area contributed by atoms with Crippen molar-refractivity contribution in [2.75, 3.05) is 11.1 Å². The summed E-state index contributed by atoms with van der Waals surface area (Å²) in [5, 5.41) is 2.89. The second kappa shape index (κ2) is 5.58. The van der Waals surface area contributed by atoms with Crippen molar-refractivity contribution in [2.24, 2.45) is 0 Å². The van der Waals surface area contributed by atoms with Crippen LogP contribution in [0.15, 0.2) is 28.7 Å². The molecular formula is C15H15BrN2OS. The molecule has 1 amide bonds. The highest BCUT2D eigenvalue weighted by molar-refractivity contribution is 9.10. The number of hydrogen-bond donors (Lipinski definition) is 2. The SMILES string of the molecule is Nc1cc(Br)ccc1NC(=O)c1cc2c(s1)CCCC2. The van der Waals surface area contributed by atoms with Crippen LogP contribution in [0.4, 0.5) is 11.4 Å². The van der Waals surface area contributed by atoms with Gasteiger partial charge in [-0.05, 0) is 55.5 Å². The van der Waals surface area contributed by atoms with Gasteiger partial charge in [-0.25, -0.2) is 0 Å². The largest absolute Gasteiger partial charge is 0.397 e. The quantitative estimate of drug-likeness (QED) is 0.796. The van der Waals surface area contributed by atoms with Crippen molar-refractivity contribution < 1.29 is 4.79 Å². The number of nitrogens with one attached hydrogen (secondary N) is 1. The van der Waals surface area contributed by atoms with Gasteiger partial charge in [-0.1, -0.05) is 15.9 Å². The summed E-state index contributed by atoms with van der Waals surface area (Å²) < 4.78 is 0.902. The maximum atomic E-state index is 12.3. The smallest absolute Gasteiger partial charge is 0.265 e. The molecule has 2 aromatic rings.